The normalized spacial score (nSPS) is 12.2. The number of benzene rings is 2. The first-order valence-electron chi connectivity index (χ1n) is 6.96. The summed E-state index contributed by atoms with van der Waals surface area (Å²) in [6.45, 7) is 6.46. The van der Waals surface area contributed by atoms with Gasteiger partial charge in [0, 0.05) is 0 Å². The van der Waals surface area contributed by atoms with E-state index in [1.165, 1.54) is 5.56 Å². The maximum atomic E-state index is 9.63. The second kappa shape index (κ2) is 5.81. The van der Waals surface area contributed by atoms with E-state index in [9.17, 15) is 5.26 Å². The van der Waals surface area contributed by atoms with Gasteiger partial charge in [-0.2, -0.15) is 10.5 Å². The van der Waals surface area contributed by atoms with Gasteiger partial charge in [0.15, 0.2) is 0 Å². The number of nitrogens with zero attached hydrogens (tertiary/aromatic N) is 2. The smallest absolute Gasteiger partial charge is 0.0991 e. The molecule has 0 saturated carbocycles. The molecule has 2 rings (SSSR count). The zero-order valence-electron chi connectivity index (χ0n) is 12.6. The van der Waals surface area contributed by atoms with Gasteiger partial charge in [-0.15, -0.1) is 0 Å². The minimum atomic E-state index is -0.312. The quantitative estimate of drug-likeness (QED) is 0.808. The van der Waals surface area contributed by atoms with Gasteiger partial charge in [0.25, 0.3) is 0 Å². The average Bonchev–Trinajstić information content (AvgIpc) is 2.48. The Kier molecular flexibility index (Phi) is 4.10. The van der Waals surface area contributed by atoms with Crippen LogP contribution in [0.3, 0.4) is 0 Å². The summed E-state index contributed by atoms with van der Waals surface area (Å²) >= 11 is 0. The van der Waals surface area contributed by atoms with Crippen LogP contribution >= 0.6 is 0 Å². The van der Waals surface area contributed by atoms with Crippen LogP contribution in [-0.4, -0.2) is 0 Å². The van der Waals surface area contributed by atoms with E-state index in [1.807, 2.05) is 30.3 Å². The predicted molar refractivity (Wildman–Crippen MR) is 83.8 cm³/mol. The lowest BCUT2D eigenvalue weighted by molar-refractivity contribution is 0.582. The van der Waals surface area contributed by atoms with Crippen LogP contribution in [0, 0.1) is 22.7 Å². The first-order valence-corrected chi connectivity index (χ1v) is 6.96. The van der Waals surface area contributed by atoms with Gasteiger partial charge in [0.1, 0.15) is 0 Å². The number of hydrogen-bond donors (Lipinski definition) is 0. The summed E-state index contributed by atoms with van der Waals surface area (Å²) in [5.41, 5.74) is 3.74. The number of hydrogen-bond acceptors (Lipinski definition) is 2. The number of rotatable bonds is 2. The van der Waals surface area contributed by atoms with Crippen molar-refractivity contribution in [1.29, 1.82) is 10.5 Å². The fourth-order valence-corrected chi connectivity index (χ4v) is 2.51. The molecule has 0 aromatic heterocycles. The molecule has 2 nitrogen and oxygen atoms in total. The Morgan fingerprint density at radius 2 is 1.52 bits per heavy atom. The summed E-state index contributed by atoms with van der Waals surface area (Å²) in [6.07, 6.45) is 0. The van der Waals surface area contributed by atoms with E-state index in [4.69, 9.17) is 5.26 Å². The molecule has 2 aromatic rings. The molecule has 1 unspecified atom stereocenters. The highest BCUT2D eigenvalue weighted by Crippen LogP contribution is 2.33. The molecule has 0 bridgehead atoms. The predicted octanol–water partition coefficient (Wildman–Crippen LogP) is 4.51. The van der Waals surface area contributed by atoms with Crippen molar-refractivity contribution in [2.24, 2.45) is 0 Å². The molecule has 0 saturated heterocycles. The Labute approximate surface area is 126 Å². The Morgan fingerprint density at radius 3 is 2.05 bits per heavy atom. The van der Waals surface area contributed by atoms with Gasteiger partial charge in [0.05, 0.1) is 23.6 Å². The second-order valence-electron chi connectivity index (χ2n) is 6.13. The van der Waals surface area contributed by atoms with Crippen LogP contribution < -0.4 is 0 Å². The van der Waals surface area contributed by atoms with Crippen molar-refractivity contribution >= 4 is 0 Å². The standard InChI is InChI=1S/C19H18N2/c1-19(2,3)18-7-5-4-6-16(18)17(13-21)15-10-8-14(12-20)9-11-15/h4-11,17H,1-3H3. The van der Waals surface area contributed by atoms with Gasteiger partial charge in [-0.25, -0.2) is 0 Å². The van der Waals surface area contributed by atoms with Crippen molar-refractivity contribution in [2.45, 2.75) is 32.1 Å². The lowest BCUT2D eigenvalue weighted by Gasteiger charge is -2.25. The van der Waals surface area contributed by atoms with Crippen LogP contribution in [0.25, 0.3) is 0 Å². The molecule has 0 aliphatic heterocycles. The van der Waals surface area contributed by atoms with E-state index in [0.717, 1.165) is 11.1 Å². The van der Waals surface area contributed by atoms with Gasteiger partial charge in [-0.05, 0) is 34.2 Å². The Bertz CT molecular complexity index is 707. The molecule has 0 spiro atoms. The molecular weight excluding hydrogens is 256 g/mol. The van der Waals surface area contributed by atoms with E-state index in [2.05, 4.69) is 39.0 Å². The summed E-state index contributed by atoms with van der Waals surface area (Å²) in [4.78, 5) is 0. The highest BCUT2D eigenvalue weighted by molar-refractivity contribution is 5.46. The van der Waals surface area contributed by atoms with Crippen molar-refractivity contribution in [3.05, 3.63) is 70.8 Å². The molecule has 2 aromatic carbocycles. The van der Waals surface area contributed by atoms with Crippen molar-refractivity contribution in [3.8, 4) is 12.1 Å². The minimum absolute atomic E-state index is 0.0156. The maximum Gasteiger partial charge on any atom is 0.0991 e. The molecule has 2 heteroatoms. The fraction of sp³-hybridized carbons (Fsp3) is 0.263. The van der Waals surface area contributed by atoms with Gasteiger partial charge in [-0.3, -0.25) is 0 Å². The molecule has 0 fully saturated rings. The van der Waals surface area contributed by atoms with Crippen molar-refractivity contribution in [3.63, 3.8) is 0 Å². The summed E-state index contributed by atoms with van der Waals surface area (Å²) in [7, 11) is 0. The van der Waals surface area contributed by atoms with Crippen LogP contribution in [0.15, 0.2) is 48.5 Å². The Balaban J connectivity index is 2.53. The van der Waals surface area contributed by atoms with Crippen LogP contribution in [0.4, 0.5) is 0 Å². The van der Waals surface area contributed by atoms with Crippen molar-refractivity contribution in [2.75, 3.05) is 0 Å². The van der Waals surface area contributed by atoms with Crippen LogP contribution in [0.1, 0.15) is 48.9 Å². The molecular formula is C19H18N2. The van der Waals surface area contributed by atoms with Gasteiger partial charge in [0.2, 0.25) is 0 Å². The zero-order valence-corrected chi connectivity index (χ0v) is 12.6. The summed E-state index contributed by atoms with van der Waals surface area (Å²) in [5.74, 6) is -0.312. The first-order chi connectivity index (χ1) is 9.97. The molecule has 1 atom stereocenters. The summed E-state index contributed by atoms with van der Waals surface area (Å²) < 4.78 is 0. The molecule has 0 heterocycles. The Hall–Kier alpha value is -2.58. The third kappa shape index (κ3) is 3.12. The molecule has 0 radical (unpaired) electrons. The third-order valence-corrected chi connectivity index (χ3v) is 3.58. The zero-order chi connectivity index (χ0) is 15.5. The molecule has 0 aliphatic carbocycles. The molecule has 21 heavy (non-hydrogen) atoms. The summed E-state index contributed by atoms with van der Waals surface area (Å²) in [6, 6.07) is 19.9. The summed E-state index contributed by atoms with van der Waals surface area (Å²) in [5, 5.41) is 18.5. The Morgan fingerprint density at radius 1 is 0.905 bits per heavy atom. The van der Waals surface area contributed by atoms with Crippen molar-refractivity contribution < 1.29 is 0 Å². The lowest BCUT2D eigenvalue weighted by Crippen LogP contribution is -2.16. The van der Waals surface area contributed by atoms with E-state index in [-0.39, 0.29) is 11.3 Å². The highest BCUT2D eigenvalue weighted by Gasteiger charge is 2.23. The SMILES string of the molecule is CC(C)(C)c1ccccc1C(C#N)c1ccc(C#N)cc1. The second-order valence-corrected chi connectivity index (χ2v) is 6.13. The van der Waals surface area contributed by atoms with Gasteiger partial charge >= 0.3 is 0 Å². The van der Waals surface area contributed by atoms with Gasteiger partial charge in [-0.1, -0.05) is 57.2 Å². The van der Waals surface area contributed by atoms with Crippen LogP contribution in [-0.2, 0) is 5.41 Å². The molecule has 104 valence electrons. The maximum absolute atomic E-state index is 9.63. The highest BCUT2D eigenvalue weighted by atomic mass is 14.3. The monoisotopic (exact) mass is 274 g/mol. The van der Waals surface area contributed by atoms with Crippen LogP contribution in [0.2, 0.25) is 0 Å². The third-order valence-electron chi connectivity index (χ3n) is 3.58. The van der Waals surface area contributed by atoms with Crippen LogP contribution in [0.5, 0.6) is 0 Å². The molecule has 0 amide bonds. The lowest BCUT2D eigenvalue weighted by atomic mass is 9.78. The molecule has 0 N–H and O–H groups in total. The first kappa shape index (κ1) is 14.8. The average molecular weight is 274 g/mol. The van der Waals surface area contributed by atoms with E-state index in [0.29, 0.717) is 5.56 Å². The minimum Gasteiger partial charge on any atom is -0.197 e. The fourth-order valence-electron chi connectivity index (χ4n) is 2.51. The number of nitriles is 2. The van der Waals surface area contributed by atoms with E-state index < -0.39 is 0 Å². The van der Waals surface area contributed by atoms with E-state index >= 15 is 0 Å². The van der Waals surface area contributed by atoms with Crippen molar-refractivity contribution in [1.82, 2.24) is 0 Å². The molecule has 0 aliphatic rings. The van der Waals surface area contributed by atoms with E-state index in [1.54, 1.807) is 12.1 Å². The van der Waals surface area contributed by atoms with Gasteiger partial charge < -0.3 is 0 Å². The topological polar surface area (TPSA) is 47.6 Å². The largest absolute Gasteiger partial charge is 0.197 e.